The van der Waals surface area contributed by atoms with Gasteiger partial charge in [-0.1, -0.05) is 51.2 Å². The molecule has 1 fully saturated rings. The molecule has 0 unspecified atom stereocenters. The van der Waals surface area contributed by atoms with E-state index in [1.165, 1.54) is 11.8 Å². The van der Waals surface area contributed by atoms with Crippen LogP contribution in [0.15, 0.2) is 20.1 Å². The number of fused-ring (bicyclic) bond motifs is 1. The van der Waals surface area contributed by atoms with Gasteiger partial charge in [0.25, 0.3) is 11.8 Å². The molecule has 0 spiro atoms. The summed E-state index contributed by atoms with van der Waals surface area (Å²) in [5.74, 6) is -2.59. The molecule has 2 atom stereocenters. The molecule has 0 aliphatic carbocycles. The number of nitrogen functional groups attached to an aromatic ring is 2. The predicted molar refractivity (Wildman–Crippen MR) is 120 cm³/mol. The molecular formula is C14H11ClN8O5S4. The molecular weight excluding hydrogens is 524 g/mol. The summed E-state index contributed by atoms with van der Waals surface area (Å²) in [7, 11) is 0. The highest BCUT2D eigenvalue weighted by Crippen LogP contribution is 2.45. The van der Waals surface area contributed by atoms with Gasteiger partial charge in [-0.05, 0) is 0 Å². The maximum Gasteiger partial charge on any atom is 0.353 e. The molecule has 4 rings (SSSR count). The highest BCUT2D eigenvalue weighted by molar-refractivity contribution is 8.07. The zero-order chi connectivity index (χ0) is 23.2. The molecule has 2 aromatic rings. The zero-order valence-electron chi connectivity index (χ0n) is 15.4. The minimum absolute atomic E-state index is 0.0362. The Morgan fingerprint density at radius 3 is 2.59 bits per heavy atom. The van der Waals surface area contributed by atoms with Crippen molar-refractivity contribution in [2.45, 2.75) is 15.8 Å². The second-order valence-corrected chi connectivity index (χ2v) is 11.2. The summed E-state index contributed by atoms with van der Waals surface area (Å²) in [5.41, 5.74) is 10.3. The van der Waals surface area contributed by atoms with Gasteiger partial charge in [0.2, 0.25) is 5.13 Å². The summed E-state index contributed by atoms with van der Waals surface area (Å²) in [4.78, 5) is 42.6. The van der Waals surface area contributed by atoms with Gasteiger partial charge in [0.05, 0.1) is 0 Å². The molecule has 0 saturated carbocycles. The summed E-state index contributed by atoms with van der Waals surface area (Å²) in [6.07, 6.45) is 0. The fraction of sp³-hybridized carbons (Fsp3) is 0.214. The number of rotatable bonds is 6. The third-order valence-corrected chi connectivity index (χ3v) is 8.63. The lowest BCUT2D eigenvalue weighted by molar-refractivity contribution is -0.150. The number of carboxylic acids is 1. The van der Waals surface area contributed by atoms with Crippen LogP contribution in [-0.2, 0) is 14.4 Å². The fourth-order valence-corrected chi connectivity index (χ4v) is 7.11. The lowest BCUT2D eigenvalue weighted by atomic mass is 10.0. The molecule has 2 aliphatic rings. The SMILES string of the molecule is Nc1nnc(SC2=C(C(=O)O)N3C(=O)[C@@H](NC(=O)/C(=N/O)c4nc(N)sc4Cl)[C@H]3SC2)s1. The Hall–Kier alpha value is -2.60. The molecule has 0 radical (unpaired) electrons. The number of thioether (sulfide) groups is 2. The number of hydrogen-bond donors (Lipinski definition) is 5. The van der Waals surface area contributed by atoms with Crippen molar-refractivity contribution in [1.82, 2.24) is 25.4 Å². The number of carboxylic acid groups (broad SMARTS) is 1. The van der Waals surface area contributed by atoms with Crippen molar-refractivity contribution >= 4 is 91.6 Å². The molecule has 18 heteroatoms. The van der Waals surface area contributed by atoms with Gasteiger partial charge in [-0.2, -0.15) is 0 Å². The predicted octanol–water partition coefficient (Wildman–Crippen LogP) is 0.479. The van der Waals surface area contributed by atoms with Crippen molar-refractivity contribution in [3.8, 4) is 0 Å². The van der Waals surface area contributed by atoms with Crippen molar-refractivity contribution in [1.29, 1.82) is 0 Å². The van der Waals surface area contributed by atoms with Gasteiger partial charge in [0.1, 0.15) is 27.1 Å². The smallest absolute Gasteiger partial charge is 0.353 e. The van der Waals surface area contributed by atoms with Crippen LogP contribution >= 0.6 is 57.8 Å². The van der Waals surface area contributed by atoms with Gasteiger partial charge in [-0.15, -0.1) is 22.0 Å². The second kappa shape index (κ2) is 8.74. The van der Waals surface area contributed by atoms with Crippen molar-refractivity contribution < 1.29 is 24.7 Å². The lowest BCUT2D eigenvalue weighted by Gasteiger charge is -2.49. The van der Waals surface area contributed by atoms with Gasteiger partial charge in [-0.25, -0.2) is 9.78 Å². The first kappa shape index (κ1) is 22.6. The molecule has 13 nitrogen and oxygen atoms in total. The molecule has 32 heavy (non-hydrogen) atoms. The van der Waals surface area contributed by atoms with E-state index in [1.54, 1.807) is 0 Å². The van der Waals surface area contributed by atoms with E-state index in [0.29, 0.717) is 9.24 Å². The van der Waals surface area contributed by atoms with Crippen LogP contribution in [0.1, 0.15) is 5.69 Å². The maximum atomic E-state index is 12.8. The van der Waals surface area contributed by atoms with E-state index in [2.05, 4.69) is 25.7 Å². The molecule has 168 valence electrons. The molecule has 0 aromatic carbocycles. The number of aromatic nitrogens is 3. The minimum Gasteiger partial charge on any atom is -0.477 e. The number of nitrogens with one attached hydrogen (secondary N) is 1. The number of thiazole rings is 1. The van der Waals surface area contributed by atoms with E-state index < -0.39 is 34.9 Å². The van der Waals surface area contributed by atoms with E-state index in [1.807, 2.05) is 0 Å². The quantitative estimate of drug-likeness (QED) is 0.148. The fourth-order valence-electron chi connectivity index (χ4n) is 2.91. The highest BCUT2D eigenvalue weighted by Gasteiger charge is 2.54. The zero-order valence-corrected chi connectivity index (χ0v) is 19.4. The first-order valence-electron chi connectivity index (χ1n) is 8.34. The van der Waals surface area contributed by atoms with Crippen molar-refractivity contribution in [2.24, 2.45) is 5.16 Å². The standard InChI is InChI=1S/C14H11ClN8O5S4/c15-7-3(19-12(16)31-7)4(22-28)8(24)18-5-9(25)23-6(11(26)27)2(1-29-10(5)23)30-14-21-20-13(17)32-14/h5,10,28H,1H2,(H2,16,19)(H2,17,20)(H,18,24)(H,26,27)/b22-4+/t5-,10-/m1/s1. The maximum absolute atomic E-state index is 12.8. The number of nitrogens with two attached hydrogens (primary N) is 2. The van der Waals surface area contributed by atoms with Crippen LogP contribution in [0.4, 0.5) is 10.3 Å². The summed E-state index contributed by atoms with van der Waals surface area (Å²) in [5, 5.41) is 31.5. The summed E-state index contributed by atoms with van der Waals surface area (Å²) >= 11 is 10.3. The number of halogens is 1. The van der Waals surface area contributed by atoms with Crippen LogP contribution in [0.25, 0.3) is 0 Å². The highest BCUT2D eigenvalue weighted by atomic mass is 35.5. The Balaban J connectivity index is 1.53. The molecule has 2 amide bonds. The first-order chi connectivity index (χ1) is 15.2. The van der Waals surface area contributed by atoms with Gasteiger partial charge in [0, 0.05) is 10.7 Å². The monoisotopic (exact) mass is 534 g/mol. The molecule has 4 heterocycles. The molecule has 1 saturated heterocycles. The number of hydrogen-bond acceptors (Lipinski definition) is 14. The Morgan fingerprint density at radius 1 is 1.28 bits per heavy atom. The molecule has 2 aromatic heterocycles. The van der Waals surface area contributed by atoms with Gasteiger partial charge >= 0.3 is 5.97 Å². The van der Waals surface area contributed by atoms with Gasteiger partial charge in [0.15, 0.2) is 15.2 Å². The number of β-lactam (4-membered cyclic amide) rings is 1. The lowest BCUT2D eigenvalue weighted by Crippen LogP contribution is -2.71. The first-order valence-corrected chi connectivity index (χ1v) is 12.2. The number of anilines is 2. The average Bonchev–Trinajstić information content (AvgIpc) is 3.30. The van der Waals surface area contributed by atoms with Crippen molar-refractivity contribution in [2.75, 3.05) is 17.2 Å². The molecule has 7 N–H and O–H groups in total. The Kier molecular flexibility index (Phi) is 6.17. The normalized spacial score (nSPS) is 20.7. The number of carbonyl (C=O) groups excluding carboxylic acids is 2. The van der Waals surface area contributed by atoms with Crippen LogP contribution in [0.5, 0.6) is 0 Å². The van der Waals surface area contributed by atoms with E-state index >= 15 is 0 Å². The summed E-state index contributed by atoms with van der Waals surface area (Å²) < 4.78 is 0.477. The van der Waals surface area contributed by atoms with Crippen LogP contribution in [0.3, 0.4) is 0 Å². The van der Waals surface area contributed by atoms with Crippen LogP contribution in [0, 0.1) is 0 Å². The Bertz CT molecular complexity index is 1200. The summed E-state index contributed by atoms with van der Waals surface area (Å²) in [6, 6.07) is -1.04. The van der Waals surface area contributed by atoms with E-state index in [4.69, 9.17) is 23.1 Å². The minimum atomic E-state index is -1.30. The van der Waals surface area contributed by atoms with Crippen LogP contribution < -0.4 is 16.8 Å². The van der Waals surface area contributed by atoms with Crippen LogP contribution in [-0.4, -0.2) is 71.1 Å². The van der Waals surface area contributed by atoms with E-state index in [0.717, 1.165) is 39.3 Å². The van der Waals surface area contributed by atoms with E-state index in [-0.39, 0.29) is 31.7 Å². The third kappa shape index (κ3) is 3.96. The number of aliphatic carboxylic acids is 1. The number of carbonyl (C=O) groups is 3. The number of oxime groups is 1. The number of nitrogens with zero attached hydrogens (tertiary/aromatic N) is 5. The topological polar surface area (TPSA) is 210 Å². The van der Waals surface area contributed by atoms with Gasteiger partial charge < -0.3 is 27.1 Å². The van der Waals surface area contributed by atoms with Crippen molar-refractivity contribution in [3.05, 3.63) is 20.6 Å². The van der Waals surface area contributed by atoms with Gasteiger partial charge in [-0.3, -0.25) is 14.5 Å². The molecule has 2 aliphatic heterocycles. The third-order valence-electron chi connectivity index (χ3n) is 4.20. The molecule has 0 bridgehead atoms. The Labute approximate surface area is 199 Å². The average molecular weight is 535 g/mol. The summed E-state index contributed by atoms with van der Waals surface area (Å²) in [6.45, 7) is 0. The largest absolute Gasteiger partial charge is 0.477 e. The second-order valence-electron chi connectivity index (χ2n) is 6.07. The Morgan fingerprint density at radius 2 is 2.03 bits per heavy atom. The number of amides is 2. The van der Waals surface area contributed by atoms with E-state index in [9.17, 15) is 24.7 Å². The van der Waals surface area contributed by atoms with Crippen LogP contribution in [0.2, 0.25) is 4.34 Å². The van der Waals surface area contributed by atoms with Crippen molar-refractivity contribution in [3.63, 3.8) is 0 Å².